The van der Waals surface area contributed by atoms with Crippen LogP contribution < -0.4 is 0 Å². The molecule has 0 aliphatic rings. The Morgan fingerprint density at radius 1 is 0.944 bits per heavy atom. The van der Waals surface area contributed by atoms with E-state index in [2.05, 4.69) is 15.9 Å². The molecule has 0 bridgehead atoms. The van der Waals surface area contributed by atoms with Crippen molar-refractivity contribution in [2.45, 2.75) is 25.3 Å². The Morgan fingerprint density at radius 3 is 1.78 bits per heavy atom. The summed E-state index contributed by atoms with van der Waals surface area (Å²) in [6.07, 6.45) is 0. The first kappa shape index (κ1) is 16.1. The van der Waals surface area contributed by atoms with Crippen molar-refractivity contribution in [1.29, 1.82) is 0 Å². The fourth-order valence-electron chi connectivity index (χ4n) is 1.64. The quantitative estimate of drug-likeness (QED) is 0.496. The van der Waals surface area contributed by atoms with E-state index in [1.54, 1.807) is 0 Å². The van der Waals surface area contributed by atoms with E-state index in [4.69, 9.17) is 13.6 Å². The third kappa shape index (κ3) is 4.01. The first-order valence-electron chi connectivity index (χ1n) is 6.21. The van der Waals surface area contributed by atoms with Crippen LogP contribution in [0.5, 0.6) is 0 Å². The summed E-state index contributed by atoms with van der Waals surface area (Å²) in [6, 6.07) is 10.1. The first-order valence-corrected chi connectivity index (χ1v) is 8.74. The maximum absolute atomic E-state index is 5.85. The van der Waals surface area contributed by atoms with Gasteiger partial charge in [-0.05, 0) is 36.7 Å². The fraction of sp³-hybridized carbons (Fsp3) is 0.538. The van der Waals surface area contributed by atoms with Crippen molar-refractivity contribution in [2.24, 2.45) is 0 Å². The highest BCUT2D eigenvalue weighted by Crippen LogP contribution is 2.74. The molecule has 0 heterocycles. The molecule has 0 aliphatic carbocycles. The van der Waals surface area contributed by atoms with E-state index in [1.807, 2.05) is 51.1 Å². The fourth-order valence-corrected chi connectivity index (χ4v) is 5.24. The van der Waals surface area contributed by atoms with E-state index >= 15 is 0 Å². The molecule has 1 aromatic rings. The van der Waals surface area contributed by atoms with Gasteiger partial charge in [-0.3, -0.25) is 0 Å². The Kier molecular flexibility index (Phi) is 7.35. The van der Waals surface area contributed by atoms with E-state index in [-0.39, 0.29) is 4.57 Å². The second-order valence-electron chi connectivity index (χ2n) is 3.54. The van der Waals surface area contributed by atoms with Gasteiger partial charge in [0.05, 0.1) is 19.8 Å². The van der Waals surface area contributed by atoms with Gasteiger partial charge in [-0.25, -0.2) is 0 Å². The first-order chi connectivity index (χ1) is 8.70. The lowest BCUT2D eigenvalue weighted by Gasteiger charge is -2.25. The zero-order valence-corrected chi connectivity index (χ0v) is 13.6. The average Bonchev–Trinajstić information content (AvgIpc) is 2.39. The van der Waals surface area contributed by atoms with Gasteiger partial charge in [0.2, 0.25) is 4.57 Å². The number of alkyl halides is 1. The molecule has 0 spiro atoms. The molecule has 3 nitrogen and oxygen atoms in total. The highest BCUT2D eigenvalue weighted by molar-refractivity contribution is 9.10. The summed E-state index contributed by atoms with van der Waals surface area (Å²) >= 11 is 3.69. The van der Waals surface area contributed by atoms with Crippen LogP contribution in [0.3, 0.4) is 0 Å². The molecule has 1 aromatic carbocycles. The largest absolute Gasteiger partial charge is 0.430 e. The standard InChI is InChI=1S/C13H21BrO3P/c1-4-15-18(16-5-2,17-6-3)13(14)12-10-8-7-9-11-12/h7-11,13H,4-6H2,1-3H3/q+1. The Hall–Kier alpha value is 0.0100. The molecule has 0 fully saturated rings. The number of benzene rings is 1. The second-order valence-corrected chi connectivity index (χ2v) is 7.53. The van der Waals surface area contributed by atoms with Crippen LogP contribution >= 0.6 is 23.9 Å². The Labute approximate surface area is 119 Å². The molecule has 0 radical (unpaired) electrons. The Morgan fingerprint density at radius 2 is 1.39 bits per heavy atom. The molecule has 1 unspecified atom stereocenters. The van der Waals surface area contributed by atoms with Crippen LogP contribution in [0.2, 0.25) is 0 Å². The highest BCUT2D eigenvalue weighted by Gasteiger charge is 2.53. The average molecular weight is 336 g/mol. The van der Waals surface area contributed by atoms with Gasteiger partial charge >= 0.3 is 7.94 Å². The van der Waals surface area contributed by atoms with Crippen LogP contribution in [-0.4, -0.2) is 19.8 Å². The molecule has 18 heavy (non-hydrogen) atoms. The summed E-state index contributed by atoms with van der Waals surface area (Å²) in [4.78, 5) is 0. The lowest BCUT2D eigenvalue weighted by atomic mass is 10.2. The number of hydrogen-bond donors (Lipinski definition) is 0. The van der Waals surface area contributed by atoms with E-state index < -0.39 is 7.94 Å². The van der Waals surface area contributed by atoms with Crippen molar-refractivity contribution in [2.75, 3.05) is 19.8 Å². The molecule has 102 valence electrons. The number of rotatable bonds is 8. The third-order valence-electron chi connectivity index (χ3n) is 2.28. The number of hydrogen-bond acceptors (Lipinski definition) is 3. The lowest BCUT2D eigenvalue weighted by Crippen LogP contribution is -2.12. The van der Waals surface area contributed by atoms with E-state index in [9.17, 15) is 0 Å². The van der Waals surface area contributed by atoms with E-state index in [0.717, 1.165) is 5.56 Å². The van der Waals surface area contributed by atoms with Gasteiger partial charge < -0.3 is 0 Å². The minimum absolute atomic E-state index is 0.0638. The Bertz CT molecular complexity index is 317. The Balaban J connectivity index is 2.99. The molecule has 0 aliphatic heterocycles. The molecule has 0 amide bonds. The van der Waals surface area contributed by atoms with Gasteiger partial charge in [-0.2, -0.15) is 13.6 Å². The van der Waals surface area contributed by atoms with Crippen LogP contribution in [0.15, 0.2) is 30.3 Å². The van der Waals surface area contributed by atoms with Gasteiger partial charge in [-0.15, -0.1) is 0 Å². The summed E-state index contributed by atoms with van der Waals surface area (Å²) in [5.74, 6) is 0. The zero-order chi connectivity index (χ0) is 13.4. The number of halogens is 1. The smallest absolute Gasteiger partial charge is 0.177 e. The van der Waals surface area contributed by atoms with Crippen molar-refractivity contribution in [3.8, 4) is 0 Å². The molecule has 0 aromatic heterocycles. The minimum Gasteiger partial charge on any atom is -0.177 e. The highest BCUT2D eigenvalue weighted by atomic mass is 79.9. The van der Waals surface area contributed by atoms with E-state index in [0.29, 0.717) is 19.8 Å². The second kappa shape index (κ2) is 8.23. The normalized spacial score (nSPS) is 13.6. The third-order valence-corrected chi connectivity index (χ3v) is 7.02. The molecule has 0 N–H and O–H groups in total. The van der Waals surface area contributed by atoms with Gasteiger partial charge in [0.15, 0.2) is 0 Å². The molecule has 1 rings (SSSR count). The van der Waals surface area contributed by atoms with Crippen molar-refractivity contribution in [3.63, 3.8) is 0 Å². The van der Waals surface area contributed by atoms with Crippen LogP contribution in [0.4, 0.5) is 0 Å². The molecule has 5 heteroatoms. The topological polar surface area (TPSA) is 27.7 Å². The van der Waals surface area contributed by atoms with Gasteiger partial charge in [0.1, 0.15) is 0 Å². The molecular weight excluding hydrogens is 315 g/mol. The van der Waals surface area contributed by atoms with Gasteiger partial charge in [0, 0.05) is 5.56 Å². The SMILES string of the molecule is CCO[P+](OCC)(OCC)C(Br)c1ccccc1. The van der Waals surface area contributed by atoms with Crippen molar-refractivity contribution in [3.05, 3.63) is 35.9 Å². The molecule has 0 saturated carbocycles. The predicted molar refractivity (Wildman–Crippen MR) is 79.9 cm³/mol. The summed E-state index contributed by atoms with van der Waals surface area (Å²) in [6.45, 7) is 7.58. The van der Waals surface area contributed by atoms with Gasteiger partial charge in [0.25, 0.3) is 0 Å². The predicted octanol–water partition coefficient (Wildman–Crippen LogP) is 4.95. The van der Waals surface area contributed by atoms with Crippen LogP contribution in [0.25, 0.3) is 0 Å². The molecule has 1 atom stereocenters. The zero-order valence-electron chi connectivity index (χ0n) is 11.1. The van der Waals surface area contributed by atoms with Gasteiger partial charge in [-0.1, -0.05) is 30.3 Å². The van der Waals surface area contributed by atoms with Crippen molar-refractivity contribution >= 4 is 23.9 Å². The van der Waals surface area contributed by atoms with E-state index in [1.165, 1.54) is 0 Å². The van der Waals surface area contributed by atoms with Crippen molar-refractivity contribution < 1.29 is 13.6 Å². The van der Waals surface area contributed by atoms with Crippen molar-refractivity contribution in [1.82, 2.24) is 0 Å². The summed E-state index contributed by atoms with van der Waals surface area (Å²) < 4.78 is 17.5. The lowest BCUT2D eigenvalue weighted by molar-refractivity contribution is 0.149. The molecular formula is C13H21BrO3P+. The monoisotopic (exact) mass is 335 g/mol. The minimum atomic E-state index is -2.39. The maximum Gasteiger partial charge on any atom is 0.430 e. The summed E-state index contributed by atoms with van der Waals surface area (Å²) in [5, 5.41) is 0. The van der Waals surface area contributed by atoms with Crippen LogP contribution in [-0.2, 0) is 13.6 Å². The van der Waals surface area contributed by atoms with Crippen LogP contribution in [0, 0.1) is 0 Å². The van der Waals surface area contributed by atoms with Crippen LogP contribution in [0.1, 0.15) is 30.9 Å². The summed E-state index contributed by atoms with van der Waals surface area (Å²) in [7, 11) is -2.39. The summed E-state index contributed by atoms with van der Waals surface area (Å²) in [5.41, 5.74) is 1.11. The molecule has 0 saturated heterocycles. The maximum atomic E-state index is 5.85.